The first-order valence-corrected chi connectivity index (χ1v) is 10.6. The number of methoxy groups -OCH3 is 1. The van der Waals surface area contributed by atoms with E-state index in [-0.39, 0.29) is 11.7 Å². The van der Waals surface area contributed by atoms with Crippen molar-refractivity contribution in [2.75, 3.05) is 20.2 Å². The quantitative estimate of drug-likeness (QED) is 0.605. The average molecular weight is 423 g/mol. The number of likely N-dealkylation sites (tertiary alicyclic amines) is 1. The molecular weight excluding hydrogens is 395 g/mol. The molecular formula is C24H27FN4O2. The molecule has 1 saturated heterocycles. The number of nitrogens with zero attached hydrogens (tertiary/aromatic N) is 4. The summed E-state index contributed by atoms with van der Waals surface area (Å²) in [5, 5.41) is 0. The third-order valence-corrected chi connectivity index (χ3v) is 5.86. The van der Waals surface area contributed by atoms with Crippen molar-refractivity contribution in [2.45, 2.75) is 32.7 Å². The van der Waals surface area contributed by atoms with Gasteiger partial charge in [0.2, 0.25) is 5.88 Å². The van der Waals surface area contributed by atoms with Gasteiger partial charge in [0.1, 0.15) is 11.6 Å². The molecule has 2 aromatic heterocycles. The van der Waals surface area contributed by atoms with Gasteiger partial charge < -0.3 is 14.2 Å². The zero-order valence-corrected chi connectivity index (χ0v) is 17.9. The Morgan fingerprint density at radius 2 is 1.97 bits per heavy atom. The van der Waals surface area contributed by atoms with Crippen LogP contribution in [0, 0.1) is 18.7 Å². The second-order valence-electron chi connectivity index (χ2n) is 8.08. The van der Waals surface area contributed by atoms with Crippen LogP contribution in [0.4, 0.5) is 4.39 Å². The minimum atomic E-state index is -0.231. The molecule has 6 nitrogen and oxygen atoms in total. The Bertz CT molecular complexity index is 1030. The van der Waals surface area contributed by atoms with Crippen molar-refractivity contribution in [3.63, 3.8) is 0 Å². The van der Waals surface area contributed by atoms with Crippen LogP contribution in [-0.2, 0) is 13.0 Å². The highest BCUT2D eigenvalue weighted by Crippen LogP contribution is 2.23. The van der Waals surface area contributed by atoms with Gasteiger partial charge in [0.15, 0.2) is 0 Å². The van der Waals surface area contributed by atoms with Crippen molar-refractivity contribution >= 4 is 5.91 Å². The van der Waals surface area contributed by atoms with E-state index in [0.29, 0.717) is 30.5 Å². The lowest BCUT2D eigenvalue weighted by molar-refractivity contribution is 0.0671. The molecule has 3 heterocycles. The average Bonchev–Trinajstić information content (AvgIpc) is 3.14. The summed E-state index contributed by atoms with van der Waals surface area (Å²) in [7, 11) is 1.56. The van der Waals surface area contributed by atoms with Gasteiger partial charge in [-0.05, 0) is 49.4 Å². The minimum absolute atomic E-state index is 0.00527. The van der Waals surface area contributed by atoms with Crippen LogP contribution < -0.4 is 4.74 Å². The smallest absolute Gasteiger partial charge is 0.255 e. The summed E-state index contributed by atoms with van der Waals surface area (Å²) in [6, 6.07) is 10.1. The van der Waals surface area contributed by atoms with Gasteiger partial charge in [-0.25, -0.2) is 14.4 Å². The van der Waals surface area contributed by atoms with Gasteiger partial charge in [0, 0.05) is 50.2 Å². The Labute approximate surface area is 181 Å². The molecule has 1 aliphatic rings. The number of piperidine rings is 1. The molecule has 1 unspecified atom stereocenters. The number of benzene rings is 1. The van der Waals surface area contributed by atoms with Gasteiger partial charge in [-0.2, -0.15) is 0 Å². The molecule has 0 aliphatic carbocycles. The summed E-state index contributed by atoms with van der Waals surface area (Å²) >= 11 is 0. The molecule has 3 aromatic rings. The Morgan fingerprint density at radius 3 is 2.68 bits per heavy atom. The maximum atomic E-state index is 13.2. The fourth-order valence-corrected chi connectivity index (χ4v) is 4.15. The lowest BCUT2D eigenvalue weighted by atomic mass is 9.94. The predicted octanol–water partition coefficient (Wildman–Crippen LogP) is 3.88. The van der Waals surface area contributed by atoms with Crippen LogP contribution in [0.2, 0.25) is 0 Å². The van der Waals surface area contributed by atoms with E-state index in [4.69, 9.17) is 4.74 Å². The fraction of sp³-hybridized carbons (Fsp3) is 0.375. The lowest BCUT2D eigenvalue weighted by Crippen LogP contribution is -2.40. The van der Waals surface area contributed by atoms with Crippen LogP contribution in [0.3, 0.4) is 0 Å². The zero-order valence-electron chi connectivity index (χ0n) is 17.9. The Hall–Kier alpha value is -3.22. The standard InChI is InChI=1S/C24H27FN4O2/c1-17-13-26-22(29(17)16-18-5-8-21(25)9-6-18)12-19-4-3-11-28(15-19)24(30)20-7-10-23(31-2)27-14-20/h5-10,13-14,19H,3-4,11-12,15-16H2,1-2H3. The molecule has 31 heavy (non-hydrogen) atoms. The first-order chi connectivity index (χ1) is 15.0. The number of carbonyl (C=O) groups excluding carboxylic acids is 1. The number of hydrogen-bond donors (Lipinski definition) is 0. The van der Waals surface area contributed by atoms with Gasteiger partial charge in [0.25, 0.3) is 5.91 Å². The first kappa shape index (κ1) is 21.0. The highest BCUT2D eigenvalue weighted by Gasteiger charge is 2.26. The largest absolute Gasteiger partial charge is 0.481 e. The van der Waals surface area contributed by atoms with Crippen LogP contribution in [0.15, 0.2) is 48.8 Å². The predicted molar refractivity (Wildman–Crippen MR) is 116 cm³/mol. The van der Waals surface area contributed by atoms with E-state index in [2.05, 4.69) is 14.5 Å². The second-order valence-corrected chi connectivity index (χ2v) is 8.08. The normalized spacial score (nSPS) is 16.4. The lowest BCUT2D eigenvalue weighted by Gasteiger charge is -2.33. The maximum absolute atomic E-state index is 13.2. The van der Waals surface area contributed by atoms with E-state index in [0.717, 1.165) is 42.9 Å². The van der Waals surface area contributed by atoms with Gasteiger partial charge in [0.05, 0.1) is 12.7 Å². The third-order valence-electron chi connectivity index (χ3n) is 5.86. The van der Waals surface area contributed by atoms with Crippen molar-refractivity contribution in [1.82, 2.24) is 19.4 Å². The van der Waals surface area contributed by atoms with Crippen LogP contribution in [0.1, 0.15) is 40.3 Å². The van der Waals surface area contributed by atoms with Crippen LogP contribution in [-0.4, -0.2) is 45.5 Å². The maximum Gasteiger partial charge on any atom is 0.255 e. The molecule has 1 amide bonds. The third kappa shape index (κ3) is 4.93. The van der Waals surface area contributed by atoms with E-state index in [1.54, 1.807) is 25.4 Å². The number of aryl methyl sites for hydroxylation is 1. The Kier molecular flexibility index (Phi) is 6.30. The number of hydrogen-bond acceptors (Lipinski definition) is 4. The summed E-state index contributed by atoms with van der Waals surface area (Å²) in [4.78, 5) is 23.6. The van der Waals surface area contributed by atoms with Crippen molar-refractivity contribution in [1.29, 1.82) is 0 Å². The Balaban J connectivity index is 1.43. The highest BCUT2D eigenvalue weighted by atomic mass is 19.1. The number of carbonyl (C=O) groups is 1. The van der Waals surface area contributed by atoms with Gasteiger partial charge in [-0.15, -0.1) is 0 Å². The van der Waals surface area contributed by atoms with Crippen LogP contribution in [0.25, 0.3) is 0 Å². The molecule has 0 saturated carbocycles. The van der Waals surface area contributed by atoms with Crippen LogP contribution >= 0.6 is 0 Å². The van der Waals surface area contributed by atoms with Crippen molar-refractivity contribution in [3.05, 3.63) is 77.3 Å². The summed E-state index contributed by atoms with van der Waals surface area (Å²) in [5.41, 5.74) is 2.69. The molecule has 1 atom stereocenters. The fourth-order valence-electron chi connectivity index (χ4n) is 4.15. The monoisotopic (exact) mass is 422 g/mol. The van der Waals surface area contributed by atoms with Crippen LogP contribution in [0.5, 0.6) is 5.88 Å². The molecule has 0 radical (unpaired) electrons. The van der Waals surface area contributed by atoms with Crippen molar-refractivity contribution < 1.29 is 13.9 Å². The first-order valence-electron chi connectivity index (χ1n) is 10.6. The molecule has 4 rings (SSSR count). The number of pyridine rings is 1. The second kappa shape index (κ2) is 9.29. The number of halogens is 1. The van der Waals surface area contributed by atoms with Crippen molar-refractivity contribution in [2.24, 2.45) is 5.92 Å². The van der Waals surface area contributed by atoms with E-state index >= 15 is 0 Å². The summed E-state index contributed by atoms with van der Waals surface area (Å²) < 4.78 is 20.5. The minimum Gasteiger partial charge on any atom is -0.481 e. The molecule has 1 aromatic carbocycles. The van der Waals surface area contributed by atoms with Gasteiger partial charge in [-0.1, -0.05) is 12.1 Å². The van der Waals surface area contributed by atoms with Crippen molar-refractivity contribution in [3.8, 4) is 5.88 Å². The molecule has 0 bridgehead atoms. The zero-order chi connectivity index (χ0) is 21.8. The Morgan fingerprint density at radius 1 is 1.16 bits per heavy atom. The number of rotatable bonds is 6. The number of amides is 1. The molecule has 1 aliphatic heterocycles. The molecule has 162 valence electrons. The summed E-state index contributed by atoms with van der Waals surface area (Å²) in [5.74, 6) is 1.62. The molecule has 0 N–H and O–H groups in total. The number of imidazole rings is 1. The summed E-state index contributed by atoms with van der Waals surface area (Å²) in [6.07, 6.45) is 6.29. The van der Waals surface area contributed by atoms with Gasteiger partial charge >= 0.3 is 0 Å². The van der Waals surface area contributed by atoms with E-state index < -0.39 is 0 Å². The molecule has 7 heteroatoms. The molecule has 1 fully saturated rings. The van der Waals surface area contributed by atoms with E-state index in [1.807, 2.05) is 30.2 Å². The number of ether oxygens (including phenoxy) is 1. The SMILES string of the molecule is COc1ccc(C(=O)N2CCCC(Cc3ncc(C)n3Cc3ccc(F)cc3)C2)cn1. The molecule has 0 spiro atoms. The number of aromatic nitrogens is 3. The van der Waals surface area contributed by atoms with Gasteiger partial charge in [-0.3, -0.25) is 4.79 Å². The topological polar surface area (TPSA) is 60.2 Å². The van der Waals surface area contributed by atoms with E-state index in [9.17, 15) is 9.18 Å². The van der Waals surface area contributed by atoms with E-state index in [1.165, 1.54) is 12.1 Å². The summed E-state index contributed by atoms with van der Waals surface area (Å²) in [6.45, 7) is 4.15. The highest BCUT2D eigenvalue weighted by molar-refractivity contribution is 5.94.